The summed E-state index contributed by atoms with van der Waals surface area (Å²) in [5, 5.41) is 0. The quantitative estimate of drug-likeness (QED) is 0.568. The van der Waals surface area contributed by atoms with Gasteiger partial charge in [0.1, 0.15) is 0 Å². The molecule has 0 radical (unpaired) electrons. The topological polar surface area (TPSA) is 9.23 Å². The van der Waals surface area contributed by atoms with E-state index in [1.807, 2.05) is 0 Å². The Kier molecular flexibility index (Phi) is 7.08. The van der Waals surface area contributed by atoms with Crippen LogP contribution >= 0.6 is 0 Å². The minimum Gasteiger partial charge on any atom is -0.381 e. The van der Waals surface area contributed by atoms with E-state index in [0.29, 0.717) is 0 Å². The number of rotatable bonds is 7. The van der Waals surface area contributed by atoms with Gasteiger partial charge < -0.3 is 4.74 Å². The summed E-state index contributed by atoms with van der Waals surface area (Å²) >= 11 is 0. The van der Waals surface area contributed by atoms with E-state index in [2.05, 4.69) is 13.8 Å². The molecule has 0 amide bonds. The van der Waals surface area contributed by atoms with Gasteiger partial charge in [0, 0.05) is 13.2 Å². The normalized spacial score (nSPS) is 26.8. The third kappa shape index (κ3) is 6.19. The summed E-state index contributed by atoms with van der Waals surface area (Å²) in [5.74, 6) is 1.83. The molecule has 0 aromatic rings. The first-order chi connectivity index (χ1) is 7.33. The third-order valence-corrected chi connectivity index (χ3v) is 3.63. The molecule has 0 bridgehead atoms. The fraction of sp³-hybridized carbons (Fsp3) is 1.00. The summed E-state index contributed by atoms with van der Waals surface area (Å²) in [6.45, 7) is 6.65. The van der Waals surface area contributed by atoms with Crippen LogP contribution in [0.4, 0.5) is 0 Å². The molecule has 0 spiro atoms. The number of unbranched alkanes of at least 4 members (excludes halogenated alkanes) is 3. The standard InChI is InChI=1S/C14H28O/c1-3-4-5-6-11-15-12-14-9-7-13(2)8-10-14/h13-14H,3-12H2,1-2H3. The van der Waals surface area contributed by atoms with Crippen LogP contribution in [0, 0.1) is 11.8 Å². The Morgan fingerprint density at radius 3 is 2.40 bits per heavy atom. The van der Waals surface area contributed by atoms with Gasteiger partial charge in [-0.1, -0.05) is 46.0 Å². The Balaban J connectivity index is 1.87. The average molecular weight is 212 g/mol. The molecule has 0 unspecified atom stereocenters. The maximum atomic E-state index is 5.75. The van der Waals surface area contributed by atoms with Crippen LogP contribution in [0.2, 0.25) is 0 Å². The van der Waals surface area contributed by atoms with Gasteiger partial charge in [-0.05, 0) is 31.1 Å². The highest BCUT2D eigenvalue weighted by atomic mass is 16.5. The second-order valence-corrected chi connectivity index (χ2v) is 5.26. The zero-order valence-corrected chi connectivity index (χ0v) is 10.6. The van der Waals surface area contributed by atoms with Crippen molar-refractivity contribution in [3.63, 3.8) is 0 Å². The van der Waals surface area contributed by atoms with E-state index < -0.39 is 0 Å². The van der Waals surface area contributed by atoms with Crippen molar-refractivity contribution in [2.75, 3.05) is 13.2 Å². The van der Waals surface area contributed by atoms with Crippen molar-refractivity contribution >= 4 is 0 Å². The van der Waals surface area contributed by atoms with Crippen molar-refractivity contribution in [2.24, 2.45) is 11.8 Å². The van der Waals surface area contributed by atoms with Crippen molar-refractivity contribution in [1.29, 1.82) is 0 Å². The van der Waals surface area contributed by atoms with E-state index in [9.17, 15) is 0 Å². The number of ether oxygens (including phenoxy) is 1. The summed E-state index contributed by atoms with van der Waals surface area (Å²) in [6, 6.07) is 0. The maximum absolute atomic E-state index is 5.75. The largest absolute Gasteiger partial charge is 0.381 e. The Labute approximate surface area is 95.6 Å². The van der Waals surface area contributed by atoms with E-state index in [4.69, 9.17) is 4.74 Å². The third-order valence-electron chi connectivity index (χ3n) is 3.63. The van der Waals surface area contributed by atoms with Crippen molar-refractivity contribution < 1.29 is 4.74 Å². The van der Waals surface area contributed by atoms with Crippen molar-refractivity contribution in [3.05, 3.63) is 0 Å². The lowest BCUT2D eigenvalue weighted by atomic mass is 9.83. The molecule has 0 aromatic carbocycles. The van der Waals surface area contributed by atoms with E-state index in [-0.39, 0.29) is 0 Å². The van der Waals surface area contributed by atoms with Crippen molar-refractivity contribution in [1.82, 2.24) is 0 Å². The van der Waals surface area contributed by atoms with Crippen LogP contribution in [0.5, 0.6) is 0 Å². The van der Waals surface area contributed by atoms with Gasteiger partial charge in [0.2, 0.25) is 0 Å². The minimum absolute atomic E-state index is 0.868. The van der Waals surface area contributed by atoms with Gasteiger partial charge in [-0.3, -0.25) is 0 Å². The molecule has 1 nitrogen and oxygen atoms in total. The molecule has 1 aliphatic rings. The summed E-state index contributed by atoms with van der Waals surface area (Å²) in [7, 11) is 0. The Morgan fingerprint density at radius 2 is 1.73 bits per heavy atom. The number of hydrogen-bond donors (Lipinski definition) is 0. The maximum Gasteiger partial charge on any atom is 0.0494 e. The van der Waals surface area contributed by atoms with Gasteiger partial charge in [-0.15, -0.1) is 0 Å². The summed E-state index contributed by atoms with van der Waals surface area (Å²) in [6.07, 6.45) is 10.9. The molecule has 1 rings (SSSR count). The average Bonchev–Trinajstić information content (AvgIpc) is 2.26. The Bertz CT molecular complexity index is 136. The van der Waals surface area contributed by atoms with Gasteiger partial charge in [0.25, 0.3) is 0 Å². The van der Waals surface area contributed by atoms with Crippen LogP contribution in [-0.2, 0) is 4.74 Å². The molecule has 0 heterocycles. The molecule has 90 valence electrons. The first kappa shape index (κ1) is 13.0. The SMILES string of the molecule is CCCCCCOCC1CCC(C)CC1. The Hall–Kier alpha value is -0.0400. The molecule has 0 N–H and O–H groups in total. The van der Waals surface area contributed by atoms with Gasteiger partial charge >= 0.3 is 0 Å². The molecule has 0 saturated heterocycles. The highest BCUT2D eigenvalue weighted by Crippen LogP contribution is 2.28. The number of hydrogen-bond acceptors (Lipinski definition) is 1. The van der Waals surface area contributed by atoms with Crippen LogP contribution < -0.4 is 0 Å². The van der Waals surface area contributed by atoms with Gasteiger partial charge in [-0.25, -0.2) is 0 Å². The highest BCUT2D eigenvalue weighted by Gasteiger charge is 2.17. The molecule has 0 aliphatic heterocycles. The van der Waals surface area contributed by atoms with Gasteiger partial charge in [0.15, 0.2) is 0 Å². The molecule has 0 atom stereocenters. The second kappa shape index (κ2) is 8.15. The van der Waals surface area contributed by atoms with E-state index in [1.165, 1.54) is 51.4 Å². The zero-order valence-electron chi connectivity index (χ0n) is 10.6. The molecular weight excluding hydrogens is 184 g/mol. The molecule has 1 heteroatoms. The van der Waals surface area contributed by atoms with Crippen LogP contribution in [0.25, 0.3) is 0 Å². The Morgan fingerprint density at radius 1 is 1.00 bits per heavy atom. The van der Waals surface area contributed by atoms with Crippen LogP contribution in [0.1, 0.15) is 65.2 Å². The lowest BCUT2D eigenvalue weighted by Gasteiger charge is -2.25. The van der Waals surface area contributed by atoms with Gasteiger partial charge in [-0.2, -0.15) is 0 Å². The monoisotopic (exact) mass is 212 g/mol. The fourth-order valence-corrected chi connectivity index (χ4v) is 2.38. The predicted molar refractivity (Wildman–Crippen MR) is 66.1 cm³/mol. The smallest absolute Gasteiger partial charge is 0.0494 e. The lowest BCUT2D eigenvalue weighted by Crippen LogP contribution is -2.17. The lowest BCUT2D eigenvalue weighted by molar-refractivity contribution is 0.0766. The van der Waals surface area contributed by atoms with Crippen LogP contribution in [-0.4, -0.2) is 13.2 Å². The van der Waals surface area contributed by atoms with Crippen molar-refractivity contribution in [2.45, 2.75) is 65.2 Å². The molecule has 0 aromatic heterocycles. The molecule has 1 fully saturated rings. The molecule has 15 heavy (non-hydrogen) atoms. The van der Waals surface area contributed by atoms with E-state index in [1.54, 1.807) is 0 Å². The van der Waals surface area contributed by atoms with Crippen molar-refractivity contribution in [3.8, 4) is 0 Å². The summed E-state index contributed by atoms with van der Waals surface area (Å²) < 4.78 is 5.75. The fourth-order valence-electron chi connectivity index (χ4n) is 2.38. The second-order valence-electron chi connectivity index (χ2n) is 5.26. The first-order valence-electron chi connectivity index (χ1n) is 6.90. The van der Waals surface area contributed by atoms with Crippen LogP contribution in [0.3, 0.4) is 0 Å². The summed E-state index contributed by atoms with van der Waals surface area (Å²) in [4.78, 5) is 0. The highest BCUT2D eigenvalue weighted by molar-refractivity contribution is 4.69. The molecular formula is C14H28O. The van der Waals surface area contributed by atoms with Gasteiger partial charge in [0.05, 0.1) is 0 Å². The first-order valence-corrected chi connectivity index (χ1v) is 6.90. The van der Waals surface area contributed by atoms with Crippen LogP contribution in [0.15, 0.2) is 0 Å². The molecule has 1 saturated carbocycles. The predicted octanol–water partition coefficient (Wildman–Crippen LogP) is 4.41. The van der Waals surface area contributed by atoms with E-state index >= 15 is 0 Å². The van der Waals surface area contributed by atoms with E-state index in [0.717, 1.165) is 25.0 Å². The molecule has 1 aliphatic carbocycles. The minimum atomic E-state index is 0.868. The summed E-state index contributed by atoms with van der Waals surface area (Å²) in [5.41, 5.74) is 0. The zero-order chi connectivity index (χ0) is 10.9.